The van der Waals surface area contributed by atoms with Crippen molar-refractivity contribution in [1.29, 1.82) is 0 Å². The normalized spacial score (nSPS) is 24.6. The molecule has 0 radical (unpaired) electrons. The summed E-state index contributed by atoms with van der Waals surface area (Å²) in [6.45, 7) is 5.49. The summed E-state index contributed by atoms with van der Waals surface area (Å²) in [6, 6.07) is 1.72. The Morgan fingerprint density at radius 2 is 1.67 bits per heavy atom. The second kappa shape index (κ2) is 9.27. The molecule has 2 heterocycles. The lowest BCUT2D eigenvalue weighted by Gasteiger charge is -2.40. The third-order valence-corrected chi connectivity index (χ3v) is 5.08. The van der Waals surface area contributed by atoms with Crippen molar-refractivity contribution in [3.8, 4) is 5.75 Å². The van der Waals surface area contributed by atoms with Gasteiger partial charge in [-0.15, -0.1) is 11.8 Å². The number of esters is 3. The molecule has 1 fully saturated rings. The number of aryl methyl sites for hydroxylation is 1. The van der Waals surface area contributed by atoms with Crippen molar-refractivity contribution in [2.24, 2.45) is 0 Å². The molecule has 1 aromatic heterocycles. The van der Waals surface area contributed by atoms with Gasteiger partial charge in [-0.05, 0) is 18.6 Å². The first-order chi connectivity index (χ1) is 12.7. The Hall–Kier alpha value is -2.00. The maximum Gasteiger partial charge on any atom is 0.303 e. The van der Waals surface area contributed by atoms with Crippen LogP contribution in [0.4, 0.5) is 0 Å². The highest BCUT2D eigenvalue weighted by molar-refractivity contribution is 7.99. The summed E-state index contributed by atoms with van der Waals surface area (Å²) >= 11 is 7.36. The minimum atomic E-state index is -1.02. The fraction of sp³-hybridized carbons (Fsp3) is 0.529. The third kappa shape index (κ3) is 5.74. The largest absolute Gasteiger partial charge is 0.472 e. The van der Waals surface area contributed by atoms with Gasteiger partial charge in [0.2, 0.25) is 0 Å². The molecule has 0 aromatic carbocycles. The van der Waals surface area contributed by atoms with Crippen LogP contribution in [0.1, 0.15) is 26.3 Å². The fourth-order valence-electron chi connectivity index (χ4n) is 2.58. The number of aromatic nitrogens is 1. The van der Waals surface area contributed by atoms with Crippen LogP contribution in [0.3, 0.4) is 0 Å². The van der Waals surface area contributed by atoms with E-state index < -0.39 is 41.7 Å². The Morgan fingerprint density at radius 3 is 2.22 bits per heavy atom. The molecular formula is C17H20ClNO7S. The van der Waals surface area contributed by atoms with Crippen LogP contribution < -0.4 is 4.74 Å². The number of hydrogen-bond donors (Lipinski definition) is 0. The smallest absolute Gasteiger partial charge is 0.303 e. The van der Waals surface area contributed by atoms with Gasteiger partial charge in [0, 0.05) is 32.7 Å². The second-order valence-electron chi connectivity index (χ2n) is 5.86. The topological polar surface area (TPSA) is 101 Å². The highest BCUT2D eigenvalue weighted by Gasteiger charge is 2.48. The monoisotopic (exact) mass is 417 g/mol. The summed E-state index contributed by atoms with van der Waals surface area (Å²) in [5.41, 5.74) is -0.00576. The maximum atomic E-state index is 11.6. The van der Waals surface area contributed by atoms with E-state index in [9.17, 15) is 14.4 Å². The molecule has 0 N–H and O–H groups in total. The van der Waals surface area contributed by atoms with E-state index in [1.54, 1.807) is 19.2 Å². The summed E-state index contributed by atoms with van der Waals surface area (Å²) < 4.78 is 21.9. The molecule has 148 valence electrons. The van der Waals surface area contributed by atoms with E-state index in [0.29, 0.717) is 5.75 Å². The molecule has 0 amide bonds. The number of rotatable bonds is 5. The number of halogens is 1. The number of ether oxygens (including phenoxy) is 4. The molecule has 0 spiro atoms. The van der Waals surface area contributed by atoms with Crippen LogP contribution in [0.2, 0.25) is 5.15 Å². The van der Waals surface area contributed by atoms with Crippen molar-refractivity contribution in [3.63, 3.8) is 0 Å². The number of nitrogens with zero attached hydrogens (tertiary/aromatic N) is 1. The lowest BCUT2D eigenvalue weighted by atomic mass is 10.1. The van der Waals surface area contributed by atoms with Crippen molar-refractivity contribution < 1.29 is 33.3 Å². The molecule has 0 bridgehead atoms. The van der Waals surface area contributed by atoms with E-state index in [1.165, 1.54) is 32.5 Å². The highest BCUT2D eigenvalue weighted by atomic mass is 35.5. The Kier molecular flexibility index (Phi) is 7.32. The molecule has 0 unspecified atom stereocenters. The molecule has 1 aromatic rings. The SMILES string of the molecule is CC(=O)O[C@@H]1[C@@H](OC(C)=O)[C@@H](Oc2c(C)ccnc2Cl)SC[C@H]1OC(C)=O. The van der Waals surface area contributed by atoms with Gasteiger partial charge in [-0.2, -0.15) is 0 Å². The summed E-state index contributed by atoms with van der Waals surface area (Å²) in [5, 5.41) is 0.156. The molecule has 10 heteroatoms. The maximum absolute atomic E-state index is 11.6. The average molecular weight is 418 g/mol. The van der Waals surface area contributed by atoms with Gasteiger partial charge in [0.1, 0.15) is 0 Å². The predicted octanol–water partition coefficient (Wildman–Crippen LogP) is 2.29. The summed E-state index contributed by atoms with van der Waals surface area (Å²) in [7, 11) is 0. The standard InChI is InChI=1S/C17H20ClNO7S/c1-8-5-6-19-16(18)13(8)26-17-15(25-11(4)22)14(24-10(3)21)12(7-27-17)23-9(2)20/h5-6,12,14-15,17H,7H2,1-4H3/t12-,14+,15-,17+/m1/s1. The molecule has 0 saturated carbocycles. The summed E-state index contributed by atoms with van der Waals surface area (Å²) in [6.07, 6.45) is -1.27. The molecule has 0 aliphatic carbocycles. The van der Waals surface area contributed by atoms with Crippen LogP contribution in [0.5, 0.6) is 5.75 Å². The Morgan fingerprint density at radius 1 is 1.07 bits per heavy atom. The molecule has 1 aliphatic rings. The average Bonchev–Trinajstić information content (AvgIpc) is 2.54. The fourth-order valence-corrected chi connectivity index (χ4v) is 4.03. The molecule has 4 atom stereocenters. The summed E-state index contributed by atoms with van der Waals surface area (Å²) in [4.78, 5) is 38.6. The van der Waals surface area contributed by atoms with Gasteiger partial charge in [-0.25, -0.2) is 4.98 Å². The molecule has 1 aliphatic heterocycles. The van der Waals surface area contributed by atoms with Crippen LogP contribution in [0.25, 0.3) is 0 Å². The van der Waals surface area contributed by atoms with Crippen molar-refractivity contribution in [3.05, 3.63) is 23.0 Å². The van der Waals surface area contributed by atoms with E-state index in [1.807, 2.05) is 0 Å². The summed E-state index contributed by atoms with van der Waals surface area (Å²) in [5.74, 6) is -1.12. The van der Waals surface area contributed by atoms with Crippen molar-refractivity contribution in [2.45, 2.75) is 51.4 Å². The van der Waals surface area contributed by atoms with Crippen LogP contribution >= 0.6 is 23.4 Å². The molecule has 27 heavy (non-hydrogen) atoms. The van der Waals surface area contributed by atoms with E-state index >= 15 is 0 Å². The zero-order valence-corrected chi connectivity index (χ0v) is 16.8. The van der Waals surface area contributed by atoms with Gasteiger partial charge in [-0.1, -0.05) is 11.6 Å². The van der Waals surface area contributed by atoms with Gasteiger partial charge < -0.3 is 18.9 Å². The Labute approximate surface area is 165 Å². The Balaban J connectivity index is 2.34. The first-order valence-electron chi connectivity index (χ1n) is 8.10. The second-order valence-corrected chi connectivity index (χ2v) is 7.35. The zero-order chi connectivity index (χ0) is 20.1. The number of hydrogen-bond acceptors (Lipinski definition) is 9. The van der Waals surface area contributed by atoms with Crippen molar-refractivity contribution >= 4 is 41.3 Å². The number of thioether (sulfide) groups is 1. The van der Waals surface area contributed by atoms with Crippen LogP contribution in [0, 0.1) is 6.92 Å². The Bertz CT molecular complexity index is 709. The third-order valence-electron chi connectivity index (χ3n) is 3.60. The number of carbonyl (C=O) groups is 3. The van der Waals surface area contributed by atoms with Gasteiger partial charge in [0.15, 0.2) is 34.7 Å². The lowest BCUT2D eigenvalue weighted by molar-refractivity contribution is -0.186. The molecule has 2 rings (SSSR count). The van der Waals surface area contributed by atoms with Crippen LogP contribution in [0.15, 0.2) is 12.3 Å². The zero-order valence-electron chi connectivity index (χ0n) is 15.3. The molecule has 8 nitrogen and oxygen atoms in total. The van der Waals surface area contributed by atoms with E-state index in [2.05, 4.69) is 4.98 Å². The van der Waals surface area contributed by atoms with Gasteiger partial charge in [-0.3, -0.25) is 14.4 Å². The predicted molar refractivity (Wildman–Crippen MR) is 97.5 cm³/mol. The first-order valence-corrected chi connectivity index (χ1v) is 9.52. The quantitative estimate of drug-likeness (QED) is 0.405. The van der Waals surface area contributed by atoms with E-state index in [4.69, 9.17) is 30.5 Å². The molecular weight excluding hydrogens is 398 g/mol. The lowest BCUT2D eigenvalue weighted by Crippen LogP contribution is -2.55. The molecule has 1 saturated heterocycles. The van der Waals surface area contributed by atoms with E-state index in [0.717, 1.165) is 5.56 Å². The van der Waals surface area contributed by atoms with Crippen LogP contribution in [-0.2, 0) is 28.6 Å². The highest BCUT2D eigenvalue weighted by Crippen LogP contribution is 2.36. The van der Waals surface area contributed by atoms with Crippen molar-refractivity contribution in [1.82, 2.24) is 4.98 Å². The van der Waals surface area contributed by atoms with Crippen molar-refractivity contribution in [2.75, 3.05) is 5.75 Å². The van der Waals surface area contributed by atoms with Crippen LogP contribution in [-0.4, -0.2) is 52.4 Å². The van der Waals surface area contributed by atoms with Gasteiger partial charge in [0.25, 0.3) is 0 Å². The number of pyridine rings is 1. The van der Waals surface area contributed by atoms with Gasteiger partial charge in [0.05, 0.1) is 0 Å². The minimum Gasteiger partial charge on any atom is -0.472 e. The van der Waals surface area contributed by atoms with Gasteiger partial charge >= 0.3 is 17.9 Å². The number of carbonyl (C=O) groups excluding carboxylic acids is 3. The first kappa shape index (κ1) is 21.3. The minimum absolute atomic E-state index is 0.156. The van der Waals surface area contributed by atoms with E-state index in [-0.39, 0.29) is 10.9 Å².